The van der Waals surface area contributed by atoms with Crippen molar-refractivity contribution < 1.29 is 33.0 Å². The third kappa shape index (κ3) is 3.74. The van der Waals surface area contributed by atoms with Crippen LogP contribution in [0.3, 0.4) is 0 Å². The molecule has 0 spiro atoms. The Bertz CT molecular complexity index is 1290. The van der Waals surface area contributed by atoms with Gasteiger partial charge in [0, 0.05) is 11.6 Å². The molecule has 0 unspecified atom stereocenters. The van der Waals surface area contributed by atoms with Crippen LogP contribution >= 0.6 is 22.9 Å². The van der Waals surface area contributed by atoms with Gasteiger partial charge in [-0.2, -0.15) is 0 Å². The van der Waals surface area contributed by atoms with Gasteiger partial charge in [0.1, 0.15) is 28.9 Å². The van der Waals surface area contributed by atoms with E-state index in [9.17, 15) is 28.3 Å². The quantitative estimate of drug-likeness (QED) is 0.523. The molecule has 32 heavy (non-hydrogen) atoms. The number of ether oxygens (including phenoxy) is 1. The first-order chi connectivity index (χ1) is 15.2. The first-order valence-corrected chi connectivity index (χ1v) is 10.5. The van der Waals surface area contributed by atoms with Gasteiger partial charge in [-0.25, -0.2) is 18.5 Å². The number of carboxylic acid groups (broad SMARTS) is 1. The molecule has 0 atom stereocenters. The van der Waals surface area contributed by atoms with Crippen molar-refractivity contribution in [3.63, 3.8) is 0 Å². The van der Waals surface area contributed by atoms with Gasteiger partial charge >= 0.3 is 5.97 Å². The highest BCUT2D eigenvalue weighted by atomic mass is 35.5. The van der Waals surface area contributed by atoms with Crippen molar-refractivity contribution in [2.45, 2.75) is 20.0 Å². The Morgan fingerprint density at radius 3 is 2.72 bits per heavy atom. The average molecular weight is 478 g/mol. The van der Waals surface area contributed by atoms with E-state index >= 15 is 0 Å². The molecule has 0 aliphatic carbocycles. The summed E-state index contributed by atoms with van der Waals surface area (Å²) in [6.07, 6.45) is -0.251. The Morgan fingerprint density at radius 1 is 1.25 bits per heavy atom. The summed E-state index contributed by atoms with van der Waals surface area (Å²) in [6.45, 7) is 1.31. The molecule has 1 N–H and O–H groups in total. The van der Waals surface area contributed by atoms with Crippen molar-refractivity contribution in [3.05, 3.63) is 79.5 Å². The Kier molecular flexibility index (Phi) is 5.70. The zero-order valence-electron chi connectivity index (χ0n) is 16.4. The average Bonchev–Trinajstić information content (AvgIpc) is 3.17. The summed E-state index contributed by atoms with van der Waals surface area (Å²) in [5.41, 5.74) is 0.244. The van der Waals surface area contributed by atoms with Gasteiger partial charge in [0.15, 0.2) is 0 Å². The maximum atomic E-state index is 14.6. The molecule has 0 saturated carbocycles. The zero-order valence-corrected chi connectivity index (χ0v) is 18.0. The zero-order chi connectivity index (χ0) is 23.2. The second kappa shape index (κ2) is 8.33. The van der Waals surface area contributed by atoms with Crippen molar-refractivity contribution in [1.29, 1.82) is 0 Å². The molecular weight excluding hydrogens is 464 g/mol. The smallest absolute Gasteiger partial charge is 0.346 e. The second-order valence-electron chi connectivity index (χ2n) is 7.04. The van der Waals surface area contributed by atoms with E-state index in [1.165, 1.54) is 23.6 Å². The van der Waals surface area contributed by atoms with Crippen molar-refractivity contribution in [2.24, 2.45) is 0 Å². The SMILES string of the molecule is Cc1ccc(Cl)c(COc2ccc(F)c(N3C(=O)Cc4csc(C(=O)O)c4C3=O)c2)c1F. The summed E-state index contributed by atoms with van der Waals surface area (Å²) in [5, 5.41) is 10.9. The summed E-state index contributed by atoms with van der Waals surface area (Å²) in [5.74, 6) is -4.30. The lowest BCUT2D eigenvalue weighted by atomic mass is 10.0. The topological polar surface area (TPSA) is 83.9 Å². The fourth-order valence-corrected chi connectivity index (χ4v) is 4.48. The Balaban J connectivity index is 1.67. The van der Waals surface area contributed by atoms with Gasteiger partial charge in [-0.05, 0) is 41.6 Å². The minimum atomic E-state index is -1.31. The molecule has 1 aliphatic rings. The third-order valence-corrected chi connectivity index (χ3v) is 6.36. The molecule has 1 aliphatic heterocycles. The van der Waals surface area contributed by atoms with Gasteiger partial charge in [0.05, 0.1) is 22.7 Å². The van der Waals surface area contributed by atoms with E-state index in [1.807, 2.05) is 0 Å². The summed E-state index contributed by atoms with van der Waals surface area (Å²) < 4.78 is 34.5. The van der Waals surface area contributed by atoms with Crippen molar-refractivity contribution >= 4 is 46.4 Å². The van der Waals surface area contributed by atoms with E-state index in [2.05, 4.69) is 0 Å². The number of halogens is 3. The summed E-state index contributed by atoms with van der Waals surface area (Å²) in [4.78, 5) is 37.4. The predicted octanol–water partition coefficient (Wildman–Crippen LogP) is 4.99. The molecule has 164 valence electrons. The normalized spacial score (nSPS) is 13.3. The number of nitrogens with zero attached hydrogens (tertiary/aromatic N) is 1. The Hall–Kier alpha value is -3.30. The molecule has 3 aromatic rings. The number of amides is 2. The number of carbonyl (C=O) groups is 3. The van der Waals surface area contributed by atoms with E-state index in [4.69, 9.17) is 16.3 Å². The molecular formula is C22H14ClF2NO5S. The number of anilines is 1. The number of aromatic carboxylic acids is 1. The molecule has 2 aromatic carbocycles. The number of hydrogen-bond acceptors (Lipinski definition) is 5. The van der Waals surface area contributed by atoms with Crippen LogP contribution < -0.4 is 9.64 Å². The van der Waals surface area contributed by atoms with Crippen LogP contribution in [-0.4, -0.2) is 22.9 Å². The second-order valence-corrected chi connectivity index (χ2v) is 8.33. The van der Waals surface area contributed by atoms with E-state index < -0.39 is 29.4 Å². The van der Waals surface area contributed by atoms with Crippen LogP contribution in [-0.2, 0) is 17.8 Å². The predicted molar refractivity (Wildman–Crippen MR) is 114 cm³/mol. The highest BCUT2D eigenvalue weighted by molar-refractivity contribution is 7.12. The number of benzene rings is 2. The van der Waals surface area contributed by atoms with Gasteiger partial charge in [0.2, 0.25) is 5.91 Å². The number of rotatable bonds is 5. The first-order valence-electron chi connectivity index (χ1n) is 9.25. The standard InChI is InChI=1S/C22H14ClF2NO5S/c1-10-2-4-14(23)13(19(10)25)8-31-12-3-5-15(24)16(7-12)26-17(27)6-11-9-32-20(22(29)30)18(11)21(26)28/h2-5,7,9H,6,8H2,1H3,(H,29,30). The molecule has 4 rings (SSSR count). The summed E-state index contributed by atoms with van der Waals surface area (Å²) in [6, 6.07) is 6.44. The number of fused-ring (bicyclic) bond motifs is 1. The largest absolute Gasteiger partial charge is 0.489 e. The van der Waals surface area contributed by atoms with Crippen LogP contribution in [0.2, 0.25) is 5.02 Å². The van der Waals surface area contributed by atoms with Crippen LogP contribution in [0, 0.1) is 18.6 Å². The Labute approximate surface area is 189 Å². The minimum absolute atomic E-state index is 0.0635. The molecule has 2 heterocycles. The number of carbonyl (C=O) groups excluding carboxylic acids is 2. The van der Waals surface area contributed by atoms with Crippen molar-refractivity contribution in [1.82, 2.24) is 0 Å². The van der Waals surface area contributed by atoms with Crippen LogP contribution in [0.25, 0.3) is 0 Å². The van der Waals surface area contributed by atoms with E-state index in [0.29, 0.717) is 10.5 Å². The molecule has 0 bridgehead atoms. The number of aryl methyl sites for hydroxylation is 1. The van der Waals surface area contributed by atoms with E-state index in [1.54, 1.807) is 6.92 Å². The lowest BCUT2D eigenvalue weighted by Gasteiger charge is -2.26. The molecule has 0 saturated heterocycles. The molecule has 2 amide bonds. The van der Waals surface area contributed by atoms with Crippen molar-refractivity contribution in [3.8, 4) is 5.75 Å². The summed E-state index contributed by atoms with van der Waals surface area (Å²) >= 11 is 6.86. The number of carboxylic acids is 1. The molecule has 10 heteroatoms. The number of hydrogen-bond donors (Lipinski definition) is 1. The van der Waals surface area contributed by atoms with Gasteiger partial charge in [-0.15, -0.1) is 11.3 Å². The molecule has 0 radical (unpaired) electrons. The molecule has 6 nitrogen and oxygen atoms in total. The third-order valence-electron chi connectivity index (χ3n) is 4.99. The lowest BCUT2D eigenvalue weighted by Crippen LogP contribution is -2.43. The summed E-state index contributed by atoms with van der Waals surface area (Å²) in [7, 11) is 0. The Morgan fingerprint density at radius 2 is 2.00 bits per heavy atom. The van der Waals surface area contributed by atoms with E-state index in [0.717, 1.165) is 23.5 Å². The highest BCUT2D eigenvalue weighted by Gasteiger charge is 2.38. The van der Waals surface area contributed by atoms with Gasteiger partial charge in [0.25, 0.3) is 5.91 Å². The number of thiophene rings is 1. The van der Waals surface area contributed by atoms with Gasteiger partial charge in [-0.1, -0.05) is 17.7 Å². The van der Waals surface area contributed by atoms with Crippen LogP contribution in [0.1, 0.15) is 36.7 Å². The molecule has 0 fully saturated rings. The fraction of sp³-hybridized carbons (Fsp3) is 0.136. The van der Waals surface area contributed by atoms with Crippen LogP contribution in [0.4, 0.5) is 14.5 Å². The molecule has 1 aromatic heterocycles. The lowest BCUT2D eigenvalue weighted by molar-refractivity contribution is -0.117. The maximum absolute atomic E-state index is 14.6. The minimum Gasteiger partial charge on any atom is -0.489 e. The number of imide groups is 1. The van der Waals surface area contributed by atoms with Gasteiger partial charge < -0.3 is 9.84 Å². The fourth-order valence-electron chi connectivity index (χ4n) is 3.38. The van der Waals surface area contributed by atoms with Crippen molar-refractivity contribution in [2.75, 3.05) is 4.90 Å². The van der Waals surface area contributed by atoms with E-state index in [-0.39, 0.29) is 51.1 Å². The van der Waals surface area contributed by atoms with Gasteiger partial charge in [-0.3, -0.25) is 9.59 Å². The monoisotopic (exact) mass is 477 g/mol. The van der Waals surface area contributed by atoms with Crippen LogP contribution in [0.15, 0.2) is 35.7 Å². The highest BCUT2D eigenvalue weighted by Crippen LogP contribution is 2.34. The maximum Gasteiger partial charge on any atom is 0.346 e. The first kappa shape index (κ1) is 21.9. The van der Waals surface area contributed by atoms with Crippen LogP contribution in [0.5, 0.6) is 5.75 Å².